The fraction of sp³-hybridized carbons (Fsp3) is 0.100. The van der Waals surface area contributed by atoms with Gasteiger partial charge in [-0.1, -0.05) is 34.7 Å². The Morgan fingerprint density at radius 1 is 1.19 bits per heavy atom. The van der Waals surface area contributed by atoms with Gasteiger partial charge in [-0.25, -0.2) is 0 Å². The number of fused-ring (bicyclic) bond motifs is 1. The molecule has 3 N–H and O–H groups in total. The molecule has 0 spiro atoms. The van der Waals surface area contributed by atoms with Crippen LogP contribution < -0.4 is 10.3 Å². The second-order valence-corrected chi connectivity index (χ2v) is 6.69. The highest BCUT2D eigenvalue weighted by Crippen LogP contribution is 2.27. The Labute approximate surface area is 163 Å². The molecule has 27 heavy (non-hydrogen) atoms. The van der Waals surface area contributed by atoms with Crippen LogP contribution in [0.25, 0.3) is 10.8 Å². The van der Waals surface area contributed by atoms with Gasteiger partial charge in [0.25, 0.3) is 5.56 Å². The highest BCUT2D eigenvalue weighted by molar-refractivity contribution is 9.10. The smallest absolute Gasteiger partial charge is 0.258 e. The number of rotatable bonds is 6. The first-order valence-electron chi connectivity index (χ1n) is 8.09. The molecule has 0 aliphatic carbocycles. The summed E-state index contributed by atoms with van der Waals surface area (Å²) in [6.07, 6.45) is 3.09. The van der Waals surface area contributed by atoms with E-state index in [0.29, 0.717) is 28.7 Å². The average molecular weight is 429 g/mol. The molecule has 0 aliphatic heterocycles. The summed E-state index contributed by atoms with van der Waals surface area (Å²) in [6, 6.07) is 10.2. The molecule has 0 amide bonds. The molecule has 0 radical (unpaired) electrons. The van der Waals surface area contributed by atoms with Crippen molar-refractivity contribution >= 4 is 32.9 Å². The molecule has 0 atom stereocenters. The SMILES string of the molecule is C=CCOc1ccc(CN=Cc2c(O)[nH]c(=O)c3ccc(Br)cc23)cc1O. The summed E-state index contributed by atoms with van der Waals surface area (Å²) >= 11 is 3.37. The lowest BCUT2D eigenvalue weighted by atomic mass is 10.1. The number of aliphatic imine (C=N–C) groups is 1. The predicted molar refractivity (Wildman–Crippen MR) is 109 cm³/mol. The molecule has 0 unspecified atom stereocenters. The third-order valence-electron chi connectivity index (χ3n) is 3.88. The normalized spacial score (nSPS) is 11.1. The van der Waals surface area contributed by atoms with E-state index in [1.165, 1.54) is 6.21 Å². The van der Waals surface area contributed by atoms with Crippen molar-refractivity contribution in [2.45, 2.75) is 6.54 Å². The quantitative estimate of drug-likeness (QED) is 0.409. The Hall–Kier alpha value is -3.06. The molecule has 2 aromatic carbocycles. The molecule has 0 bridgehead atoms. The molecule has 0 saturated heterocycles. The van der Waals surface area contributed by atoms with Crippen molar-refractivity contribution in [3.05, 3.63) is 75.0 Å². The van der Waals surface area contributed by atoms with E-state index in [1.807, 2.05) is 0 Å². The minimum atomic E-state index is -0.368. The number of hydrogen-bond acceptors (Lipinski definition) is 5. The molecule has 138 valence electrons. The van der Waals surface area contributed by atoms with Gasteiger partial charge in [-0.05, 0) is 35.9 Å². The molecule has 0 saturated carbocycles. The summed E-state index contributed by atoms with van der Waals surface area (Å²) in [5.41, 5.74) is 0.817. The van der Waals surface area contributed by atoms with Gasteiger partial charge in [0.05, 0.1) is 12.1 Å². The number of phenols is 1. The summed E-state index contributed by atoms with van der Waals surface area (Å²) in [4.78, 5) is 18.7. The molecule has 0 fully saturated rings. The summed E-state index contributed by atoms with van der Waals surface area (Å²) in [7, 11) is 0. The number of ether oxygens (including phenoxy) is 1. The number of aromatic amines is 1. The summed E-state index contributed by atoms with van der Waals surface area (Å²) in [5, 5.41) is 21.1. The fourth-order valence-electron chi connectivity index (χ4n) is 2.61. The Kier molecular flexibility index (Phi) is 5.61. The minimum Gasteiger partial charge on any atom is -0.504 e. The van der Waals surface area contributed by atoms with Gasteiger partial charge in [0, 0.05) is 21.5 Å². The van der Waals surface area contributed by atoms with Crippen LogP contribution in [0.1, 0.15) is 11.1 Å². The first kappa shape index (κ1) is 18.7. The zero-order chi connectivity index (χ0) is 19.4. The van der Waals surface area contributed by atoms with Crippen molar-refractivity contribution in [3.63, 3.8) is 0 Å². The van der Waals surface area contributed by atoms with Crippen LogP contribution in [0.2, 0.25) is 0 Å². The lowest BCUT2D eigenvalue weighted by Crippen LogP contribution is -2.08. The molecule has 6 nitrogen and oxygen atoms in total. The van der Waals surface area contributed by atoms with Gasteiger partial charge in [-0.3, -0.25) is 14.8 Å². The Morgan fingerprint density at radius 3 is 2.74 bits per heavy atom. The molecular weight excluding hydrogens is 412 g/mol. The van der Waals surface area contributed by atoms with Gasteiger partial charge < -0.3 is 14.9 Å². The van der Waals surface area contributed by atoms with E-state index in [0.717, 1.165) is 10.0 Å². The number of phenolic OH excluding ortho intramolecular Hbond substituents is 1. The molecule has 0 aliphatic rings. The van der Waals surface area contributed by atoms with E-state index in [9.17, 15) is 15.0 Å². The molecular formula is C20H17BrN2O4. The van der Waals surface area contributed by atoms with Gasteiger partial charge in [-0.2, -0.15) is 0 Å². The topological polar surface area (TPSA) is 94.9 Å². The van der Waals surface area contributed by atoms with Gasteiger partial charge >= 0.3 is 0 Å². The average Bonchev–Trinajstić information content (AvgIpc) is 2.63. The number of halogens is 1. The van der Waals surface area contributed by atoms with E-state index >= 15 is 0 Å². The van der Waals surface area contributed by atoms with Crippen molar-refractivity contribution in [2.24, 2.45) is 4.99 Å². The molecule has 1 heterocycles. The highest BCUT2D eigenvalue weighted by atomic mass is 79.9. The van der Waals surface area contributed by atoms with Crippen LogP contribution in [0.5, 0.6) is 17.4 Å². The van der Waals surface area contributed by atoms with Gasteiger partial charge in [0.2, 0.25) is 5.88 Å². The second kappa shape index (κ2) is 8.09. The first-order chi connectivity index (χ1) is 13.0. The number of pyridine rings is 1. The number of nitrogens with zero attached hydrogens (tertiary/aromatic N) is 1. The fourth-order valence-corrected chi connectivity index (χ4v) is 2.97. The molecule has 3 rings (SSSR count). The van der Waals surface area contributed by atoms with Crippen LogP contribution in [0.3, 0.4) is 0 Å². The number of aromatic nitrogens is 1. The van der Waals surface area contributed by atoms with Crippen molar-refractivity contribution < 1.29 is 14.9 Å². The number of hydrogen-bond donors (Lipinski definition) is 3. The van der Waals surface area contributed by atoms with E-state index in [1.54, 1.807) is 42.5 Å². The van der Waals surface area contributed by atoms with E-state index in [2.05, 4.69) is 32.5 Å². The maximum Gasteiger partial charge on any atom is 0.258 e. The highest BCUT2D eigenvalue weighted by Gasteiger charge is 2.10. The van der Waals surface area contributed by atoms with Crippen LogP contribution in [-0.2, 0) is 6.54 Å². The first-order valence-corrected chi connectivity index (χ1v) is 8.89. The standard InChI is InChI=1S/C20H17BrN2O4/c1-2-7-27-18-6-3-12(8-17(18)24)10-22-11-16-15-9-13(21)4-5-14(15)19(25)23-20(16)26/h2-6,8-9,11,24H,1,7,10H2,(H2,23,25,26). The van der Waals surface area contributed by atoms with Gasteiger partial charge in [0.1, 0.15) is 6.61 Å². The van der Waals surface area contributed by atoms with Gasteiger partial charge in [0.15, 0.2) is 11.5 Å². The van der Waals surface area contributed by atoms with E-state index in [-0.39, 0.29) is 23.7 Å². The third kappa shape index (κ3) is 4.20. The zero-order valence-electron chi connectivity index (χ0n) is 14.3. The van der Waals surface area contributed by atoms with Crippen LogP contribution in [-0.4, -0.2) is 28.0 Å². The van der Waals surface area contributed by atoms with Crippen LogP contribution in [0.4, 0.5) is 0 Å². The van der Waals surface area contributed by atoms with Crippen molar-refractivity contribution in [2.75, 3.05) is 6.61 Å². The summed E-state index contributed by atoms with van der Waals surface area (Å²) in [5.74, 6) is 0.146. The third-order valence-corrected chi connectivity index (χ3v) is 4.37. The maximum absolute atomic E-state index is 12.0. The Balaban J connectivity index is 1.87. The lowest BCUT2D eigenvalue weighted by molar-refractivity contribution is 0.336. The summed E-state index contributed by atoms with van der Waals surface area (Å²) < 4.78 is 6.11. The Morgan fingerprint density at radius 2 is 2.00 bits per heavy atom. The number of nitrogens with one attached hydrogen (secondary N) is 1. The summed E-state index contributed by atoms with van der Waals surface area (Å²) in [6.45, 7) is 4.15. The van der Waals surface area contributed by atoms with Crippen molar-refractivity contribution in [1.82, 2.24) is 4.98 Å². The largest absolute Gasteiger partial charge is 0.504 e. The monoisotopic (exact) mass is 428 g/mol. The Bertz CT molecular complexity index is 1090. The lowest BCUT2D eigenvalue weighted by Gasteiger charge is -2.07. The van der Waals surface area contributed by atoms with Gasteiger partial charge in [-0.15, -0.1) is 0 Å². The minimum absolute atomic E-state index is 0.0193. The predicted octanol–water partition coefficient (Wildman–Crippen LogP) is 3.89. The van der Waals surface area contributed by atoms with Crippen LogP contribution in [0.15, 0.2) is 63.3 Å². The van der Waals surface area contributed by atoms with E-state index < -0.39 is 0 Å². The van der Waals surface area contributed by atoms with Crippen molar-refractivity contribution in [1.29, 1.82) is 0 Å². The second-order valence-electron chi connectivity index (χ2n) is 5.78. The number of aromatic hydroxyl groups is 2. The molecule has 1 aromatic heterocycles. The molecule has 3 aromatic rings. The number of H-pyrrole nitrogens is 1. The molecule has 7 heteroatoms. The van der Waals surface area contributed by atoms with Crippen LogP contribution >= 0.6 is 15.9 Å². The van der Waals surface area contributed by atoms with Crippen LogP contribution in [0, 0.1) is 0 Å². The van der Waals surface area contributed by atoms with E-state index in [4.69, 9.17) is 4.74 Å². The zero-order valence-corrected chi connectivity index (χ0v) is 15.9. The number of benzene rings is 2. The maximum atomic E-state index is 12.0. The van der Waals surface area contributed by atoms with Crippen molar-refractivity contribution in [3.8, 4) is 17.4 Å².